The molecule has 4 atom stereocenters. The van der Waals surface area contributed by atoms with Crippen LogP contribution < -0.4 is 21.3 Å². The molecule has 11 heteroatoms. The van der Waals surface area contributed by atoms with Crippen LogP contribution in [0.15, 0.2) is 10.7 Å². The first-order valence-corrected chi connectivity index (χ1v) is 12.3. The van der Waals surface area contributed by atoms with Crippen molar-refractivity contribution in [3.8, 4) is 0 Å². The highest BCUT2D eigenvalue weighted by Crippen LogP contribution is 2.21. The lowest BCUT2D eigenvalue weighted by atomic mass is 10.0. The van der Waals surface area contributed by atoms with Crippen molar-refractivity contribution in [2.75, 3.05) is 6.54 Å². The summed E-state index contributed by atoms with van der Waals surface area (Å²) in [5.74, 6) is -1.42. The minimum Gasteiger partial charge on any atom is -0.446 e. The van der Waals surface area contributed by atoms with Crippen LogP contribution >= 0.6 is 0 Å². The average molecular weight is 494 g/mol. The third kappa shape index (κ3) is 8.97. The molecule has 5 N–H and O–H groups in total. The molecule has 1 aliphatic heterocycles. The fourth-order valence-corrected chi connectivity index (χ4v) is 3.82. The lowest BCUT2D eigenvalue weighted by Gasteiger charge is -2.27. The van der Waals surface area contributed by atoms with Gasteiger partial charge in [0.15, 0.2) is 5.69 Å². The quantitative estimate of drug-likeness (QED) is 0.397. The molecule has 196 valence electrons. The number of nitrogens with one attached hydrogen (secondary N) is 4. The first kappa shape index (κ1) is 28.3. The molecule has 1 aromatic heterocycles. The predicted molar refractivity (Wildman–Crippen MR) is 128 cm³/mol. The van der Waals surface area contributed by atoms with E-state index in [0.29, 0.717) is 32.2 Å². The van der Waals surface area contributed by atoms with Crippen molar-refractivity contribution in [2.24, 2.45) is 11.8 Å². The zero-order valence-electron chi connectivity index (χ0n) is 21.2. The van der Waals surface area contributed by atoms with Gasteiger partial charge in [-0.25, -0.2) is 4.98 Å². The van der Waals surface area contributed by atoms with Crippen LogP contribution in [-0.4, -0.2) is 58.5 Å². The van der Waals surface area contributed by atoms with E-state index in [1.807, 2.05) is 27.7 Å². The van der Waals surface area contributed by atoms with Crippen molar-refractivity contribution >= 4 is 23.6 Å². The largest absolute Gasteiger partial charge is 0.446 e. The maximum Gasteiger partial charge on any atom is 0.273 e. The number of rotatable bonds is 6. The van der Waals surface area contributed by atoms with Gasteiger partial charge in [0.05, 0.1) is 6.10 Å². The number of fused-ring (bicyclic) bond motifs is 2. The highest BCUT2D eigenvalue weighted by molar-refractivity contribution is 5.93. The van der Waals surface area contributed by atoms with E-state index < -0.39 is 42.0 Å². The molecule has 2 heterocycles. The zero-order valence-corrected chi connectivity index (χ0v) is 21.2. The maximum atomic E-state index is 13.1. The summed E-state index contributed by atoms with van der Waals surface area (Å²) in [7, 11) is 0. The summed E-state index contributed by atoms with van der Waals surface area (Å²) in [6, 6.07) is -2.80. The third-order valence-corrected chi connectivity index (χ3v) is 5.59. The summed E-state index contributed by atoms with van der Waals surface area (Å²) in [6.07, 6.45) is 2.18. The summed E-state index contributed by atoms with van der Waals surface area (Å²) < 4.78 is 5.50. The van der Waals surface area contributed by atoms with Crippen LogP contribution in [-0.2, 0) is 14.4 Å². The molecule has 35 heavy (non-hydrogen) atoms. The molecule has 11 nitrogen and oxygen atoms in total. The smallest absolute Gasteiger partial charge is 0.273 e. The van der Waals surface area contributed by atoms with Crippen molar-refractivity contribution in [3.05, 3.63) is 17.8 Å². The molecule has 0 radical (unpaired) electrons. The highest BCUT2D eigenvalue weighted by atomic mass is 16.3. The molecule has 4 amide bonds. The van der Waals surface area contributed by atoms with E-state index in [4.69, 9.17) is 4.42 Å². The van der Waals surface area contributed by atoms with Gasteiger partial charge in [0.1, 0.15) is 24.4 Å². The fraction of sp³-hybridized carbons (Fsp3) is 0.708. The van der Waals surface area contributed by atoms with Crippen molar-refractivity contribution in [3.63, 3.8) is 0 Å². The second kappa shape index (κ2) is 13.2. The first-order chi connectivity index (χ1) is 16.5. The molecule has 2 rings (SSSR count). The van der Waals surface area contributed by atoms with Gasteiger partial charge in [-0.2, -0.15) is 0 Å². The van der Waals surface area contributed by atoms with Gasteiger partial charge in [-0.3, -0.25) is 19.2 Å². The van der Waals surface area contributed by atoms with Crippen molar-refractivity contribution in [1.29, 1.82) is 0 Å². The second-order valence-electron chi connectivity index (χ2n) is 9.96. The number of aliphatic hydroxyl groups is 1. The topological polar surface area (TPSA) is 163 Å². The molecule has 0 spiro atoms. The van der Waals surface area contributed by atoms with Gasteiger partial charge < -0.3 is 30.8 Å². The van der Waals surface area contributed by atoms with Crippen LogP contribution in [0.4, 0.5) is 0 Å². The van der Waals surface area contributed by atoms with E-state index in [0.717, 1.165) is 0 Å². The van der Waals surface area contributed by atoms with Crippen LogP contribution in [0.3, 0.4) is 0 Å². The Kier molecular flexibility index (Phi) is 10.7. The standard InChI is InChI=1S/C24H39N5O6/c1-13(2)10-17-24-28-18(12-35-24)21(32)25-9-7-6-8-16(26-19(31)11-14(3)4)22(33)29-20(15(5)30)23(34)27-17/h12-17,20,30H,6-11H2,1-5H3,(H,25,32)(H,26,31)(H,27,34)(H,29,33)/t15-,16+,17+,20+/m1/s1. The fourth-order valence-electron chi connectivity index (χ4n) is 3.82. The molecule has 1 aliphatic rings. The van der Waals surface area contributed by atoms with Gasteiger partial charge >= 0.3 is 0 Å². The minimum absolute atomic E-state index is 0.106. The molecule has 1 aromatic rings. The van der Waals surface area contributed by atoms with Crippen LogP contribution in [0.2, 0.25) is 0 Å². The van der Waals surface area contributed by atoms with Gasteiger partial charge in [0, 0.05) is 13.0 Å². The monoisotopic (exact) mass is 493 g/mol. The third-order valence-electron chi connectivity index (χ3n) is 5.59. The average Bonchev–Trinajstić information content (AvgIpc) is 3.24. The highest BCUT2D eigenvalue weighted by Gasteiger charge is 2.32. The number of hydrogen-bond acceptors (Lipinski definition) is 7. The van der Waals surface area contributed by atoms with Crippen LogP contribution in [0.5, 0.6) is 0 Å². The Balaban J connectivity index is 2.32. The molecular weight excluding hydrogens is 454 g/mol. The van der Waals surface area contributed by atoms with Gasteiger partial charge in [0.25, 0.3) is 5.91 Å². The number of carbonyl (C=O) groups is 4. The zero-order chi connectivity index (χ0) is 26.1. The molecule has 0 unspecified atom stereocenters. The van der Waals surface area contributed by atoms with Crippen molar-refractivity contribution < 1.29 is 28.7 Å². The molecule has 0 fully saturated rings. The van der Waals surface area contributed by atoms with Crippen LogP contribution in [0.25, 0.3) is 0 Å². The van der Waals surface area contributed by atoms with Crippen LogP contribution in [0, 0.1) is 11.8 Å². The van der Waals surface area contributed by atoms with E-state index in [2.05, 4.69) is 26.3 Å². The lowest BCUT2D eigenvalue weighted by Crippen LogP contribution is -2.57. The number of oxazole rings is 1. The Hall–Kier alpha value is -2.95. The Labute approximate surface area is 206 Å². The number of nitrogens with zero attached hydrogens (tertiary/aromatic N) is 1. The van der Waals surface area contributed by atoms with Crippen molar-refractivity contribution in [2.45, 2.75) is 91.0 Å². The Morgan fingerprint density at radius 2 is 1.83 bits per heavy atom. The summed E-state index contributed by atoms with van der Waals surface area (Å²) in [4.78, 5) is 55.3. The number of aliphatic hydroxyl groups excluding tert-OH is 1. The molecule has 0 saturated heterocycles. The van der Waals surface area contributed by atoms with Gasteiger partial charge in [0.2, 0.25) is 23.6 Å². The summed E-state index contributed by atoms with van der Waals surface area (Å²) in [5, 5.41) is 21.2. The van der Waals surface area contributed by atoms with Crippen molar-refractivity contribution in [1.82, 2.24) is 26.3 Å². The molecule has 0 aliphatic carbocycles. The SMILES string of the molecule is CC(C)CC(=O)N[C@H]1CCCCNC(=O)c2coc(n2)[C@H](CC(C)C)NC(=O)[C@H]([C@@H](C)O)NC1=O. The number of carbonyl (C=O) groups excluding carboxylic acids is 4. The molecule has 0 aromatic carbocycles. The van der Waals surface area contributed by atoms with Gasteiger partial charge in [-0.15, -0.1) is 0 Å². The van der Waals surface area contributed by atoms with Gasteiger partial charge in [-0.1, -0.05) is 27.7 Å². The van der Waals surface area contributed by atoms with E-state index in [1.54, 1.807) is 0 Å². The van der Waals surface area contributed by atoms with Crippen LogP contribution in [0.1, 0.15) is 89.1 Å². The van der Waals surface area contributed by atoms with E-state index in [-0.39, 0.29) is 35.7 Å². The first-order valence-electron chi connectivity index (χ1n) is 12.3. The Morgan fingerprint density at radius 3 is 2.46 bits per heavy atom. The molecule has 0 saturated carbocycles. The van der Waals surface area contributed by atoms with E-state index in [9.17, 15) is 24.3 Å². The second-order valence-corrected chi connectivity index (χ2v) is 9.96. The van der Waals surface area contributed by atoms with E-state index >= 15 is 0 Å². The maximum absolute atomic E-state index is 13.1. The Morgan fingerprint density at radius 1 is 1.11 bits per heavy atom. The minimum atomic E-state index is -1.26. The summed E-state index contributed by atoms with van der Waals surface area (Å²) in [6.45, 7) is 9.48. The van der Waals surface area contributed by atoms with E-state index in [1.165, 1.54) is 13.2 Å². The number of amides is 4. The normalized spacial score (nSPS) is 23.4. The summed E-state index contributed by atoms with van der Waals surface area (Å²) >= 11 is 0. The lowest BCUT2D eigenvalue weighted by molar-refractivity contribution is -0.134. The van der Waals surface area contributed by atoms with Gasteiger partial charge in [-0.05, 0) is 44.4 Å². The Bertz CT molecular complexity index is 882. The number of aromatic nitrogens is 1. The molecule has 2 bridgehead atoms. The molecular formula is C24H39N5O6. The number of hydrogen-bond donors (Lipinski definition) is 5. The summed E-state index contributed by atoms with van der Waals surface area (Å²) in [5.41, 5.74) is 0.106. The predicted octanol–water partition coefficient (Wildman–Crippen LogP) is 1.19.